The molecular formula is C30H23Cl2NO6. The molecule has 0 bridgehead atoms. The van der Waals surface area contributed by atoms with Gasteiger partial charge in [-0.15, -0.1) is 0 Å². The van der Waals surface area contributed by atoms with Crippen LogP contribution in [-0.2, 0) is 11.3 Å². The number of carbonyl (C=O) groups is 1. The molecule has 0 aliphatic carbocycles. The van der Waals surface area contributed by atoms with Crippen molar-refractivity contribution in [2.24, 2.45) is 0 Å². The summed E-state index contributed by atoms with van der Waals surface area (Å²) in [4.78, 5) is 24.9. The van der Waals surface area contributed by atoms with Crippen LogP contribution in [0.2, 0.25) is 10.0 Å². The van der Waals surface area contributed by atoms with Gasteiger partial charge in [-0.05, 0) is 42.0 Å². The minimum atomic E-state index is -0.451. The molecule has 0 unspecified atom stereocenters. The number of ether oxygens (including phenoxy) is 2. The molecule has 0 N–H and O–H groups in total. The normalized spacial score (nSPS) is 11.2. The molecule has 7 nitrogen and oxygen atoms in total. The second kappa shape index (κ2) is 11.0. The first-order valence-corrected chi connectivity index (χ1v) is 12.8. The van der Waals surface area contributed by atoms with Gasteiger partial charge in [0.2, 0.25) is 0 Å². The summed E-state index contributed by atoms with van der Waals surface area (Å²) in [5, 5.41) is 5.56. The van der Waals surface area contributed by atoms with Crippen LogP contribution >= 0.6 is 23.2 Å². The van der Waals surface area contributed by atoms with Gasteiger partial charge in [-0.2, -0.15) is 0 Å². The molecule has 5 aromatic rings. The first-order valence-electron chi connectivity index (χ1n) is 12.1. The third-order valence-electron chi connectivity index (χ3n) is 6.29. The standard InChI is InChI=1S/C30H23Cl2NO6/c1-16(2)29-22(27(33-39-29)26-23(31)5-4-6-24(26)32)15-37-19-11-12-20-25(13-19)38-14-21(28(20)34)17-7-9-18(10-8-17)30(35)36-3/h4-14,16H,15H2,1-3H3. The zero-order chi connectivity index (χ0) is 27.7. The largest absolute Gasteiger partial charge is 0.489 e. The van der Waals surface area contributed by atoms with Crippen molar-refractivity contribution in [1.29, 1.82) is 0 Å². The van der Waals surface area contributed by atoms with Crippen LogP contribution in [0.4, 0.5) is 0 Å². The summed E-state index contributed by atoms with van der Waals surface area (Å²) in [6, 6.07) is 16.8. The molecule has 5 rings (SSSR count). The second-order valence-corrected chi connectivity index (χ2v) is 9.93. The molecule has 0 radical (unpaired) electrons. The lowest BCUT2D eigenvalue weighted by molar-refractivity contribution is 0.0600. The molecule has 3 aromatic carbocycles. The van der Waals surface area contributed by atoms with Crippen molar-refractivity contribution < 1.29 is 23.2 Å². The lowest BCUT2D eigenvalue weighted by Crippen LogP contribution is -2.06. The number of carbonyl (C=O) groups excluding carboxylic acids is 1. The smallest absolute Gasteiger partial charge is 0.337 e. The van der Waals surface area contributed by atoms with Gasteiger partial charge in [-0.25, -0.2) is 4.79 Å². The van der Waals surface area contributed by atoms with Gasteiger partial charge in [0.15, 0.2) is 5.43 Å². The predicted molar refractivity (Wildman–Crippen MR) is 150 cm³/mol. The fourth-order valence-electron chi connectivity index (χ4n) is 4.29. The van der Waals surface area contributed by atoms with E-state index in [1.165, 1.54) is 13.4 Å². The van der Waals surface area contributed by atoms with Crippen LogP contribution in [0.15, 0.2) is 80.7 Å². The SMILES string of the molecule is COC(=O)c1ccc(-c2coc3cc(OCc4c(-c5c(Cl)cccc5Cl)noc4C(C)C)ccc3c2=O)cc1. The van der Waals surface area contributed by atoms with E-state index in [0.29, 0.717) is 60.5 Å². The highest BCUT2D eigenvalue weighted by molar-refractivity contribution is 6.39. The molecule has 2 heterocycles. The number of hydrogen-bond donors (Lipinski definition) is 0. The van der Waals surface area contributed by atoms with Gasteiger partial charge in [0.25, 0.3) is 0 Å². The highest BCUT2D eigenvalue weighted by Crippen LogP contribution is 2.39. The topological polar surface area (TPSA) is 91.8 Å². The zero-order valence-corrected chi connectivity index (χ0v) is 22.8. The third kappa shape index (κ3) is 5.15. The van der Waals surface area contributed by atoms with E-state index < -0.39 is 5.97 Å². The maximum atomic E-state index is 13.2. The second-order valence-electron chi connectivity index (χ2n) is 9.12. The van der Waals surface area contributed by atoms with Gasteiger partial charge < -0.3 is 18.4 Å². The van der Waals surface area contributed by atoms with E-state index in [2.05, 4.69) is 5.16 Å². The van der Waals surface area contributed by atoms with E-state index in [4.69, 9.17) is 41.6 Å². The molecule has 0 aliphatic heterocycles. The first kappa shape index (κ1) is 26.5. The lowest BCUT2D eigenvalue weighted by Gasteiger charge is -2.11. The molecule has 0 atom stereocenters. The fraction of sp³-hybridized carbons (Fsp3) is 0.167. The molecule has 0 fully saturated rings. The quantitative estimate of drug-likeness (QED) is 0.186. The Balaban J connectivity index is 1.44. The highest BCUT2D eigenvalue weighted by atomic mass is 35.5. The van der Waals surface area contributed by atoms with Crippen LogP contribution in [0, 0.1) is 0 Å². The Morgan fingerprint density at radius 3 is 2.41 bits per heavy atom. The van der Waals surface area contributed by atoms with Crippen molar-refractivity contribution in [3.05, 3.63) is 104 Å². The maximum Gasteiger partial charge on any atom is 0.337 e. The van der Waals surface area contributed by atoms with Crippen LogP contribution in [-0.4, -0.2) is 18.2 Å². The Labute approximate surface area is 233 Å². The number of benzene rings is 3. The summed E-state index contributed by atoms with van der Waals surface area (Å²) < 4.78 is 22.3. The molecule has 0 saturated carbocycles. The Morgan fingerprint density at radius 2 is 1.74 bits per heavy atom. The van der Waals surface area contributed by atoms with Gasteiger partial charge in [0, 0.05) is 17.5 Å². The van der Waals surface area contributed by atoms with Crippen molar-refractivity contribution in [3.63, 3.8) is 0 Å². The lowest BCUT2D eigenvalue weighted by atomic mass is 10.0. The van der Waals surface area contributed by atoms with Gasteiger partial charge in [0.05, 0.1) is 39.2 Å². The van der Waals surface area contributed by atoms with Gasteiger partial charge in [-0.1, -0.05) is 60.4 Å². The Bertz CT molecular complexity index is 1720. The Hall–Kier alpha value is -4.07. The molecule has 0 saturated heterocycles. The number of nitrogens with zero attached hydrogens (tertiary/aromatic N) is 1. The number of halogens is 2. The van der Waals surface area contributed by atoms with Crippen molar-refractivity contribution in [1.82, 2.24) is 5.16 Å². The molecule has 0 amide bonds. The average Bonchev–Trinajstić information content (AvgIpc) is 3.35. The van der Waals surface area contributed by atoms with Gasteiger partial charge in [0.1, 0.15) is 35.7 Å². The Morgan fingerprint density at radius 1 is 1.03 bits per heavy atom. The first-order chi connectivity index (χ1) is 18.8. The van der Waals surface area contributed by atoms with E-state index in [-0.39, 0.29) is 18.0 Å². The fourth-order valence-corrected chi connectivity index (χ4v) is 4.87. The van der Waals surface area contributed by atoms with E-state index >= 15 is 0 Å². The monoisotopic (exact) mass is 563 g/mol. The predicted octanol–water partition coefficient (Wildman–Crippen LogP) is 7.91. The van der Waals surface area contributed by atoms with E-state index in [1.807, 2.05) is 13.8 Å². The Kier molecular flexibility index (Phi) is 7.46. The summed E-state index contributed by atoms with van der Waals surface area (Å²) in [5.74, 6) is 0.748. The van der Waals surface area contributed by atoms with Crippen molar-refractivity contribution in [2.45, 2.75) is 26.4 Å². The summed E-state index contributed by atoms with van der Waals surface area (Å²) >= 11 is 12.9. The number of aromatic nitrogens is 1. The van der Waals surface area contributed by atoms with Crippen LogP contribution in [0.3, 0.4) is 0 Å². The molecule has 39 heavy (non-hydrogen) atoms. The van der Waals surface area contributed by atoms with Crippen LogP contribution in [0.5, 0.6) is 5.75 Å². The number of esters is 1. The zero-order valence-electron chi connectivity index (χ0n) is 21.3. The summed E-state index contributed by atoms with van der Waals surface area (Å²) in [6.45, 7) is 4.12. The third-order valence-corrected chi connectivity index (χ3v) is 6.92. The highest BCUT2D eigenvalue weighted by Gasteiger charge is 2.24. The minimum Gasteiger partial charge on any atom is -0.489 e. The molecular weight excluding hydrogens is 541 g/mol. The number of fused-ring (bicyclic) bond motifs is 1. The van der Waals surface area contributed by atoms with Crippen molar-refractivity contribution in [2.75, 3.05) is 7.11 Å². The van der Waals surface area contributed by atoms with E-state index in [1.54, 1.807) is 60.7 Å². The van der Waals surface area contributed by atoms with Gasteiger partial charge >= 0.3 is 5.97 Å². The maximum absolute atomic E-state index is 13.2. The molecule has 0 aliphatic rings. The number of hydrogen-bond acceptors (Lipinski definition) is 7. The summed E-state index contributed by atoms with van der Waals surface area (Å²) in [6.07, 6.45) is 1.40. The molecule has 9 heteroatoms. The number of rotatable bonds is 7. The molecule has 0 spiro atoms. The van der Waals surface area contributed by atoms with Crippen LogP contribution < -0.4 is 10.2 Å². The summed E-state index contributed by atoms with van der Waals surface area (Å²) in [7, 11) is 1.31. The van der Waals surface area contributed by atoms with Crippen molar-refractivity contribution in [3.8, 4) is 28.1 Å². The average molecular weight is 564 g/mol. The molecule has 2 aromatic heterocycles. The van der Waals surface area contributed by atoms with Crippen molar-refractivity contribution >= 4 is 40.1 Å². The van der Waals surface area contributed by atoms with Gasteiger partial charge in [-0.3, -0.25) is 4.79 Å². The van der Waals surface area contributed by atoms with Crippen LogP contribution in [0.25, 0.3) is 33.4 Å². The minimum absolute atomic E-state index is 0.0424. The van der Waals surface area contributed by atoms with E-state index in [9.17, 15) is 9.59 Å². The summed E-state index contributed by atoms with van der Waals surface area (Å²) in [5.41, 5.74) is 3.38. The molecule has 198 valence electrons. The van der Waals surface area contributed by atoms with Crippen LogP contribution in [0.1, 0.15) is 41.4 Å². The van der Waals surface area contributed by atoms with E-state index in [0.717, 1.165) is 5.56 Å². The number of methoxy groups -OCH3 is 1.